The van der Waals surface area contributed by atoms with Crippen molar-refractivity contribution in [2.45, 2.75) is 64.8 Å². The van der Waals surface area contributed by atoms with Gasteiger partial charge in [-0.15, -0.1) is 11.3 Å². The lowest BCUT2D eigenvalue weighted by molar-refractivity contribution is -0.121. The quantitative estimate of drug-likeness (QED) is 0.661. The number of rotatable bonds is 10. The number of nitrogens with zero attached hydrogens (tertiary/aromatic N) is 1. The van der Waals surface area contributed by atoms with Crippen molar-refractivity contribution >= 4 is 17.2 Å². The Balaban J connectivity index is 1.49. The Kier molecular flexibility index (Phi) is 7.95. The molecule has 1 N–H and O–H groups in total. The zero-order valence-electron chi connectivity index (χ0n) is 13.9. The topological polar surface area (TPSA) is 32.3 Å². The van der Waals surface area contributed by atoms with E-state index in [0.717, 1.165) is 32.6 Å². The van der Waals surface area contributed by atoms with E-state index in [1.54, 1.807) is 4.88 Å². The Morgan fingerprint density at radius 3 is 2.95 bits per heavy atom. The molecule has 0 bridgehead atoms. The summed E-state index contributed by atoms with van der Waals surface area (Å²) in [5.74, 6) is 0.226. The highest BCUT2D eigenvalue weighted by molar-refractivity contribution is 7.10. The SMILES string of the molecule is CCCCCCCCC(=O)NCCN1CCc2sccc2C1. The summed E-state index contributed by atoms with van der Waals surface area (Å²) in [7, 11) is 0. The summed E-state index contributed by atoms with van der Waals surface area (Å²) in [5.41, 5.74) is 1.48. The van der Waals surface area contributed by atoms with Crippen LogP contribution in [-0.2, 0) is 17.8 Å². The average Bonchev–Trinajstić information content (AvgIpc) is 2.98. The van der Waals surface area contributed by atoms with Crippen molar-refractivity contribution in [2.24, 2.45) is 0 Å². The number of hydrogen-bond donors (Lipinski definition) is 1. The van der Waals surface area contributed by atoms with Crippen molar-refractivity contribution in [2.75, 3.05) is 19.6 Å². The molecule has 1 aromatic rings. The van der Waals surface area contributed by atoms with Crippen LogP contribution in [0.15, 0.2) is 11.4 Å². The first-order chi connectivity index (χ1) is 10.8. The minimum absolute atomic E-state index is 0.226. The molecule has 0 aromatic carbocycles. The van der Waals surface area contributed by atoms with E-state index in [1.165, 1.54) is 44.1 Å². The second-order valence-electron chi connectivity index (χ2n) is 6.26. The summed E-state index contributed by atoms with van der Waals surface area (Å²) >= 11 is 1.88. The molecule has 1 aromatic heterocycles. The standard InChI is InChI=1S/C18H30N2OS/c1-2-3-4-5-6-7-8-18(21)19-11-13-20-12-9-17-16(15-20)10-14-22-17/h10,14H,2-9,11-13,15H2,1H3,(H,19,21). The fraction of sp³-hybridized carbons (Fsp3) is 0.722. The van der Waals surface area contributed by atoms with Crippen molar-refractivity contribution in [3.05, 3.63) is 21.9 Å². The molecule has 0 radical (unpaired) electrons. The van der Waals surface area contributed by atoms with E-state index < -0.39 is 0 Å². The van der Waals surface area contributed by atoms with Crippen LogP contribution < -0.4 is 5.32 Å². The fourth-order valence-corrected chi connectivity index (χ4v) is 3.90. The van der Waals surface area contributed by atoms with E-state index in [2.05, 4.69) is 28.6 Å². The first kappa shape index (κ1) is 17.5. The lowest BCUT2D eigenvalue weighted by Gasteiger charge is -2.26. The Morgan fingerprint density at radius 2 is 2.09 bits per heavy atom. The van der Waals surface area contributed by atoms with Gasteiger partial charge in [0.25, 0.3) is 0 Å². The Labute approximate surface area is 139 Å². The maximum atomic E-state index is 11.8. The molecule has 4 heteroatoms. The highest BCUT2D eigenvalue weighted by Crippen LogP contribution is 2.23. The van der Waals surface area contributed by atoms with Gasteiger partial charge in [0.15, 0.2) is 0 Å². The molecule has 0 spiro atoms. The van der Waals surface area contributed by atoms with Crippen LogP contribution >= 0.6 is 11.3 Å². The van der Waals surface area contributed by atoms with Crippen molar-refractivity contribution in [3.63, 3.8) is 0 Å². The number of unbranched alkanes of at least 4 members (excludes halogenated alkanes) is 5. The van der Waals surface area contributed by atoms with Crippen LogP contribution in [0.5, 0.6) is 0 Å². The predicted molar refractivity (Wildman–Crippen MR) is 94.3 cm³/mol. The number of nitrogens with one attached hydrogen (secondary N) is 1. The number of fused-ring (bicyclic) bond motifs is 1. The normalized spacial score (nSPS) is 14.8. The van der Waals surface area contributed by atoms with E-state index in [0.29, 0.717) is 6.42 Å². The number of thiophene rings is 1. The summed E-state index contributed by atoms with van der Waals surface area (Å²) in [4.78, 5) is 15.8. The first-order valence-electron chi connectivity index (χ1n) is 8.84. The summed E-state index contributed by atoms with van der Waals surface area (Å²) < 4.78 is 0. The lowest BCUT2D eigenvalue weighted by Crippen LogP contribution is -2.37. The van der Waals surface area contributed by atoms with E-state index in [-0.39, 0.29) is 5.91 Å². The second-order valence-corrected chi connectivity index (χ2v) is 7.26. The Hall–Kier alpha value is -0.870. The molecule has 0 saturated heterocycles. The third kappa shape index (κ3) is 6.09. The maximum Gasteiger partial charge on any atom is 0.220 e. The molecule has 2 rings (SSSR count). The van der Waals surface area contributed by atoms with Crippen LogP contribution in [0, 0.1) is 0 Å². The molecule has 1 aliphatic heterocycles. The molecule has 2 heterocycles. The largest absolute Gasteiger partial charge is 0.355 e. The fourth-order valence-electron chi connectivity index (χ4n) is 3.01. The number of amides is 1. The van der Waals surface area contributed by atoms with Crippen LogP contribution in [0.25, 0.3) is 0 Å². The molecule has 1 aliphatic rings. The van der Waals surface area contributed by atoms with Gasteiger partial charge in [0.2, 0.25) is 5.91 Å². The van der Waals surface area contributed by atoms with Crippen molar-refractivity contribution in [3.8, 4) is 0 Å². The number of hydrogen-bond acceptors (Lipinski definition) is 3. The van der Waals surface area contributed by atoms with E-state index >= 15 is 0 Å². The van der Waals surface area contributed by atoms with E-state index in [1.807, 2.05) is 11.3 Å². The summed E-state index contributed by atoms with van der Waals surface area (Å²) in [5, 5.41) is 5.26. The van der Waals surface area contributed by atoms with Crippen molar-refractivity contribution in [1.82, 2.24) is 10.2 Å². The van der Waals surface area contributed by atoms with Gasteiger partial charge in [-0.3, -0.25) is 9.69 Å². The molecule has 124 valence electrons. The van der Waals surface area contributed by atoms with Gasteiger partial charge in [-0.2, -0.15) is 0 Å². The first-order valence-corrected chi connectivity index (χ1v) is 9.72. The van der Waals surface area contributed by atoms with Gasteiger partial charge in [0.1, 0.15) is 0 Å². The minimum atomic E-state index is 0.226. The van der Waals surface area contributed by atoms with Gasteiger partial charge in [-0.25, -0.2) is 0 Å². The van der Waals surface area contributed by atoms with Crippen LogP contribution in [0.1, 0.15) is 62.3 Å². The summed E-state index contributed by atoms with van der Waals surface area (Å²) in [6, 6.07) is 2.24. The van der Waals surface area contributed by atoms with Gasteiger partial charge in [-0.05, 0) is 29.9 Å². The summed E-state index contributed by atoms with van der Waals surface area (Å²) in [6.45, 7) is 6.16. The van der Waals surface area contributed by atoms with Gasteiger partial charge in [-0.1, -0.05) is 39.0 Å². The average molecular weight is 323 g/mol. The molecular formula is C18H30N2OS. The predicted octanol–water partition coefficient (Wildman–Crippen LogP) is 3.97. The van der Waals surface area contributed by atoms with Crippen molar-refractivity contribution in [1.29, 1.82) is 0 Å². The zero-order valence-corrected chi connectivity index (χ0v) is 14.7. The minimum Gasteiger partial charge on any atom is -0.355 e. The van der Waals surface area contributed by atoms with E-state index in [9.17, 15) is 4.79 Å². The van der Waals surface area contributed by atoms with Crippen LogP contribution in [0.3, 0.4) is 0 Å². The second kappa shape index (κ2) is 10.0. The molecular weight excluding hydrogens is 292 g/mol. The highest BCUT2D eigenvalue weighted by Gasteiger charge is 2.16. The van der Waals surface area contributed by atoms with Gasteiger partial charge in [0.05, 0.1) is 0 Å². The van der Waals surface area contributed by atoms with Crippen LogP contribution in [0.2, 0.25) is 0 Å². The van der Waals surface area contributed by atoms with Crippen molar-refractivity contribution < 1.29 is 4.79 Å². The third-order valence-corrected chi connectivity index (χ3v) is 5.42. The molecule has 1 amide bonds. The Bertz CT molecular complexity index is 444. The lowest BCUT2D eigenvalue weighted by atomic mass is 10.1. The Morgan fingerprint density at radius 1 is 1.27 bits per heavy atom. The third-order valence-electron chi connectivity index (χ3n) is 4.39. The molecule has 0 saturated carbocycles. The molecule has 0 atom stereocenters. The van der Waals surface area contributed by atoms with E-state index in [4.69, 9.17) is 0 Å². The molecule has 3 nitrogen and oxygen atoms in total. The molecule has 0 unspecified atom stereocenters. The summed E-state index contributed by atoms with van der Waals surface area (Å²) in [6.07, 6.45) is 9.30. The van der Waals surface area contributed by atoms with Crippen LogP contribution in [0.4, 0.5) is 0 Å². The smallest absolute Gasteiger partial charge is 0.220 e. The van der Waals surface area contributed by atoms with Gasteiger partial charge in [0, 0.05) is 37.5 Å². The molecule has 22 heavy (non-hydrogen) atoms. The number of carbonyl (C=O) groups is 1. The molecule has 0 aliphatic carbocycles. The number of carbonyl (C=O) groups excluding carboxylic acids is 1. The van der Waals surface area contributed by atoms with Gasteiger partial charge < -0.3 is 5.32 Å². The molecule has 0 fully saturated rings. The monoisotopic (exact) mass is 322 g/mol. The van der Waals surface area contributed by atoms with Crippen LogP contribution in [-0.4, -0.2) is 30.4 Å². The zero-order chi connectivity index (χ0) is 15.6. The highest BCUT2D eigenvalue weighted by atomic mass is 32.1. The maximum absolute atomic E-state index is 11.8. The van der Waals surface area contributed by atoms with Gasteiger partial charge >= 0.3 is 0 Å².